The van der Waals surface area contributed by atoms with E-state index in [1.165, 1.54) is 3.97 Å². The number of nitrogens with zero attached hydrogens (tertiary/aromatic N) is 3. The van der Waals surface area contributed by atoms with E-state index in [0.717, 1.165) is 42.3 Å². The summed E-state index contributed by atoms with van der Waals surface area (Å²) in [5.41, 5.74) is 9.33. The first-order chi connectivity index (χ1) is 19.9. The number of ether oxygens (including phenoxy) is 1. The van der Waals surface area contributed by atoms with Crippen LogP contribution in [0.15, 0.2) is 96.2 Å². The molecule has 1 fully saturated rings. The SMILES string of the molecule is Nc1cccc(COC2CCC(Nc3ncc(Cl)c(-c4cn(S(=O)(=O)c5ccccc5)c5ccccc45)n3)CC2)c1. The zero-order valence-electron chi connectivity index (χ0n) is 22.3. The second-order valence-electron chi connectivity index (χ2n) is 10.2. The monoisotopic (exact) mass is 587 g/mol. The molecule has 2 aromatic heterocycles. The Bertz CT molecular complexity index is 1780. The van der Waals surface area contributed by atoms with Crippen LogP contribution in [0.25, 0.3) is 22.2 Å². The van der Waals surface area contributed by atoms with Gasteiger partial charge in [0.25, 0.3) is 10.0 Å². The van der Waals surface area contributed by atoms with Gasteiger partial charge in [-0.1, -0.05) is 60.1 Å². The number of nitrogen functional groups attached to an aromatic ring is 1. The van der Waals surface area contributed by atoms with Crippen LogP contribution in [0, 0.1) is 0 Å². The Hall–Kier alpha value is -3.92. The number of nitrogens with one attached hydrogen (secondary N) is 1. The summed E-state index contributed by atoms with van der Waals surface area (Å²) in [6, 6.07) is 23.7. The molecule has 0 radical (unpaired) electrons. The maximum atomic E-state index is 13.5. The van der Waals surface area contributed by atoms with E-state index in [9.17, 15) is 8.42 Å². The van der Waals surface area contributed by atoms with Gasteiger partial charge in [0.1, 0.15) is 0 Å². The standard InChI is InChI=1S/C31H30ClN5O3S/c32-28-18-34-31(35-23-13-15-24(16-14-23)40-20-21-7-6-8-22(33)17-21)36-30(28)27-19-37(29-12-5-4-11-26(27)29)41(38,39)25-9-2-1-3-10-25/h1-12,17-19,23-24H,13-16,20,33H2,(H,34,35,36). The Morgan fingerprint density at radius 1 is 0.976 bits per heavy atom. The van der Waals surface area contributed by atoms with Gasteiger partial charge in [-0.25, -0.2) is 22.4 Å². The molecule has 210 valence electrons. The molecule has 8 nitrogen and oxygen atoms in total. The van der Waals surface area contributed by atoms with Gasteiger partial charge in [0.2, 0.25) is 5.95 Å². The second-order valence-corrected chi connectivity index (χ2v) is 12.5. The van der Waals surface area contributed by atoms with E-state index in [4.69, 9.17) is 27.1 Å². The van der Waals surface area contributed by atoms with Crippen LogP contribution in [-0.4, -0.2) is 34.5 Å². The van der Waals surface area contributed by atoms with E-state index in [2.05, 4.69) is 10.3 Å². The molecule has 3 aromatic carbocycles. The molecule has 5 aromatic rings. The third kappa shape index (κ3) is 5.79. The van der Waals surface area contributed by atoms with Crippen LogP contribution in [0.3, 0.4) is 0 Å². The minimum absolute atomic E-state index is 0.189. The number of anilines is 2. The van der Waals surface area contributed by atoms with Crippen molar-refractivity contribution in [3.05, 3.63) is 102 Å². The number of para-hydroxylation sites is 1. The first-order valence-electron chi connectivity index (χ1n) is 13.5. The molecule has 10 heteroatoms. The van der Waals surface area contributed by atoms with Gasteiger partial charge in [0, 0.05) is 28.9 Å². The Morgan fingerprint density at radius 2 is 1.73 bits per heavy atom. The highest BCUT2D eigenvalue weighted by molar-refractivity contribution is 7.90. The molecule has 0 aliphatic heterocycles. The maximum Gasteiger partial charge on any atom is 0.268 e. The van der Waals surface area contributed by atoms with Crippen molar-refractivity contribution in [3.8, 4) is 11.3 Å². The summed E-state index contributed by atoms with van der Waals surface area (Å²) in [6.07, 6.45) is 7.01. The smallest absolute Gasteiger partial charge is 0.268 e. The fourth-order valence-corrected chi connectivity index (χ4v) is 6.91. The Balaban J connectivity index is 1.20. The quantitative estimate of drug-likeness (QED) is 0.199. The number of hydrogen-bond acceptors (Lipinski definition) is 7. The van der Waals surface area contributed by atoms with Crippen molar-refractivity contribution in [3.63, 3.8) is 0 Å². The molecule has 41 heavy (non-hydrogen) atoms. The molecule has 1 saturated carbocycles. The van der Waals surface area contributed by atoms with Crippen LogP contribution in [-0.2, 0) is 21.4 Å². The predicted octanol–water partition coefficient (Wildman–Crippen LogP) is 6.51. The van der Waals surface area contributed by atoms with Crippen LogP contribution in [0.2, 0.25) is 5.02 Å². The summed E-state index contributed by atoms with van der Waals surface area (Å²) in [6.45, 7) is 0.547. The third-order valence-corrected chi connectivity index (χ3v) is 9.39. The van der Waals surface area contributed by atoms with E-state index in [0.29, 0.717) is 34.4 Å². The lowest BCUT2D eigenvalue weighted by atomic mass is 9.93. The minimum Gasteiger partial charge on any atom is -0.399 e. The number of fused-ring (bicyclic) bond motifs is 1. The highest BCUT2D eigenvalue weighted by atomic mass is 35.5. The number of rotatable bonds is 8. The Labute approximate surface area is 244 Å². The molecular formula is C31H30ClN5O3S. The molecule has 0 saturated heterocycles. The van der Waals surface area contributed by atoms with Gasteiger partial charge in [0.15, 0.2) is 0 Å². The molecule has 1 aliphatic carbocycles. The summed E-state index contributed by atoms with van der Waals surface area (Å²) < 4.78 is 34.5. The van der Waals surface area contributed by atoms with Crippen molar-refractivity contribution in [2.24, 2.45) is 0 Å². The van der Waals surface area contributed by atoms with Gasteiger partial charge in [0.05, 0.1) is 40.0 Å². The average Bonchev–Trinajstić information content (AvgIpc) is 3.39. The van der Waals surface area contributed by atoms with E-state index in [-0.39, 0.29) is 17.0 Å². The second kappa shape index (κ2) is 11.5. The topological polar surface area (TPSA) is 112 Å². The Kier molecular flexibility index (Phi) is 7.66. The van der Waals surface area contributed by atoms with Crippen molar-refractivity contribution < 1.29 is 13.2 Å². The Morgan fingerprint density at radius 3 is 2.51 bits per heavy atom. The molecule has 0 amide bonds. The molecule has 3 N–H and O–H groups in total. The summed E-state index contributed by atoms with van der Waals surface area (Å²) in [7, 11) is -3.83. The van der Waals surface area contributed by atoms with Gasteiger partial charge < -0.3 is 15.8 Å². The van der Waals surface area contributed by atoms with E-state index in [1.54, 1.807) is 48.8 Å². The van der Waals surface area contributed by atoms with Crippen molar-refractivity contribution in [2.45, 2.75) is 49.3 Å². The number of aromatic nitrogens is 3. The van der Waals surface area contributed by atoms with E-state index >= 15 is 0 Å². The number of hydrogen-bond donors (Lipinski definition) is 2. The van der Waals surface area contributed by atoms with Crippen molar-refractivity contribution in [1.82, 2.24) is 13.9 Å². The molecule has 0 unspecified atom stereocenters. The molecule has 2 heterocycles. The molecular weight excluding hydrogens is 558 g/mol. The summed E-state index contributed by atoms with van der Waals surface area (Å²) >= 11 is 6.59. The lowest BCUT2D eigenvalue weighted by Crippen LogP contribution is -2.30. The number of halogens is 1. The average molecular weight is 588 g/mol. The fourth-order valence-electron chi connectivity index (χ4n) is 5.32. The fraction of sp³-hybridized carbons (Fsp3) is 0.226. The number of benzene rings is 3. The molecule has 6 rings (SSSR count). The summed E-state index contributed by atoms with van der Waals surface area (Å²) in [4.78, 5) is 9.38. The predicted molar refractivity (Wildman–Crippen MR) is 162 cm³/mol. The zero-order valence-corrected chi connectivity index (χ0v) is 23.9. The maximum absolute atomic E-state index is 13.5. The lowest BCUT2D eigenvalue weighted by Gasteiger charge is -2.29. The highest BCUT2D eigenvalue weighted by Crippen LogP contribution is 2.36. The molecule has 0 spiro atoms. The van der Waals surface area contributed by atoms with Crippen LogP contribution in [0.1, 0.15) is 31.2 Å². The van der Waals surface area contributed by atoms with Gasteiger partial charge in [-0.15, -0.1) is 0 Å². The van der Waals surface area contributed by atoms with Gasteiger partial charge >= 0.3 is 0 Å². The minimum atomic E-state index is -3.83. The normalized spacial score (nSPS) is 17.5. The first-order valence-corrected chi connectivity index (χ1v) is 15.4. The van der Waals surface area contributed by atoms with Crippen molar-refractivity contribution in [2.75, 3.05) is 11.1 Å². The largest absolute Gasteiger partial charge is 0.399 e. The van der Waals surface area contributed by atoms with Crippen molar-refractivity contribution >= 4 is 44.2 Å². The van der Waals surface area contributed by atoms with Gasteiger partial charge in [-0.3, -0.25) is 0 Å². The van der Waals surface area contributed by atoms with E-state index < -0.39 is 10.0 Å². The molecule has 0 bridgehead atoms. The molecule has 1 aliphatic rings. The van der Waals surface area contributed by atoms with E-state index in [1.807, 2.05) is 42.5 Å². The first kappa shape index (κ1) is 27.3. The van der Waals surface area contributed by atoms with Crippen LogP contribution >= 0.6 is 11.6 Å². The zero-order chi connectivity index (χ0) is 28.4. The highest BCUT2D eigenvalue weighted by Gasteiger charge is 2.25. The van der Waals surface area contributed by atoms with Gasteiger partial charge in [-0.05, 0) is 61.6 Å². The van der Waals surface area contributed by atoms with Crippen molar-refractivity contribution in [1.29, 1.82) is 0 Å². The summed E-state index contributed by atoms with van der Waals surface area (Å²) in [5, 5.41) is 4.53. The van der Waals surface area contributed by atoms with Gasteiger partial charge in [-0.2, -0.15) is 0 Å². The molecule has 0 atom stereocenters. The lowest BCUT2D eigenvalue weighted by molar-refractivity contribution is 0.0149. The third-order valence-electron chi connectivity index (χ3n) is 7.42. The number of nitrogens with two attached hydrogens (primary N) is 1. The van der Waals surface area contributed by atoms with Crippen LogP contribution in [0.4, 0.5) is 11.6 Å². The van der Waals surface area contributed by atoms with Crippen LogP contribution in [0.5, 0.6) is 0 Å². The summed E-state index contributed by atoms with van der Waals surface area (Å²) in [5.74, 6) is 0.455. The van der Waals surface area contributed by atoms with Crippen LogP contribution < -0.4 is 11.1 Å².